The second-order valence-corrected chi connectivity index (χ2v) is 6.03. The lowest BCUT2D eigenvalue weighted by atomic mass is 10.2. The molecule has 4 atom stereocenters. The van der Waals surface area contributed by atoms with Gasteiger partial charge in [0.1, 0.15) is 24.5 Å². The molecule has 0 aliphatic carbocycles. The maximum absolute atomic E-state index is 10.0. The Morgan fingerprint density at radius 2 is 2.30 bits per heavy atom. The molecule has 4 heterocycles. The Bertz CT molecular complexity index is 714. The van der Waals surface area contributed by atoms with E-state index in [0.717, 1.165) is 25.2 Å². The molecule has 0 unspecified atom stereocenters. The van der Waals surface area contributed by atoms with Crippen LogP contribution in [0.1, 0.15) is 37.4 Å². The van der Waals surface area contributed by atoms with E-state index < -0.39 is 18.4 Å². The number of ether oxygens (including phenoxy) is 1. The second-order valence-electron chi connectivity index (χ2n) is 6.03. The number of aromatic nitrogens is 4. The van der Waals surface area contributed by atoms with E-state index in [1.54, 1.807) is 0 Å². The summed E-state index contributed by atoms with van der Waals surface area (Å²) in [5.74, 6) is 1.12. The minimum absolute atomic E-state index is 0.0949. The third-order valence-corrected chi connectivity index (χ3v) is 4.58. The number of imidazole rings is 1. The van der Waals surface area contributed by atoms with Crippen LogP contribution in [0.25, 0.3) is 11.2 Å². The molecule has 0 bridgehead atoms. The van der Waals surface area contributed by atoms with Gasteiger partial charge < -0.3 is 26.0 Å². The molecule has 0 radical (unpaired) electrons. The highest BCUT2D eigenvalue weighted by Crippen LogP contribution is 2.36. The summed E-state index contributed by atoms with van der Waals surface area (Å²) in [6.45, 7) is 0.709. The second kappa shape index (κ2) is 5.68. The van der Waals surface area contributed by atoms with Crippen LogP contribution in [0.15, 0.2) is 6.33 Å². The summed E-state index contributed by atoms with van der Waals surface area (Å²) in [6, 6.07) is 0.0949. The van der Waals surface area contributed by atoms with E-state index >= 15 is 0 Å². The van der Waals surface area contributed by atoms with Crippen molar-refractivity contribution >= 4 is 17.0 Å². The molecule has 23 heavy (non-hydrogen) atoms. The molecule has 124 valence electrons. The van der Waals surface area contributed by atoms with E-state index in [2.05, 4.69) is 20.3 Å². The fraction of sp³-hybridized carbons (Fsp3) is 0.643. The predicted molar refractivity (Wildman–Crippen MR) is 81.3 cm³/mol. The van der Waals surface area contributed by atoms with Crippen molar-refractivity contribution in [3.63, 3.8) is 0 Å². The van der Waals surface area contributed by atoms with Gasteiger partial charge in [0, 0.05) is 6.42 Å². The molecule has 2 aliphatic rings. The Balaban J connectivity index is 1.83. The monoisotopic (exact) mass is 320 g/mol. The Kier molecular flexibility index (Phi) is 3.64. The molecule has 0 amide bonds. The first-order valence-corrected chi connectivity index (χ1v) is 7.85. The lowest BCUT2D eigenvalue weighted by Crippen LogP contribution is -2.24. The van der Waals surface area contributed by atoms with Crippen LogP contribution < -0.4 is 11.1 Å². The van der Waals surface area contributed by atoms with Crippen molar-refractivity contribution in [3.8, 4) is 0 Å². The Morgan fingerprint density at radius 3 is 3.00 bits per heavy atom. The molecule has 2 aromatic rings. The number of rotatable bonds is 3. The standard InChI is InChI=1S/C14H20N6O3/c15-12-11-14(18-6-17-12)20(10-4-8(22)9(5-21)23-10)13(19-11)7-2-1-3-16-7/h6-10,16,21-22H,1-5H2,(H2,15,17,18)/t7-,8+,9-,10-/m1/s1. The van der Waals surface area contributed by atoms with Crippen molar-refractivity contribution < 1.29 is 14.9 Å². The lowest BCUT2D eigenvalue weighted by molar-refractivity contribution is -0.0443. The fourth-order valence-electron chi connectivity index (χ4n) is 3.42. The molecule has 2 aromatic heterocycles. The number of hydrogen-bond acceptors (Lipinski definition) is 8. The minimum atomic E-state index is -0.717. The van der Waals surface area contributed by atoms with E-state index in [9.17, 15) is 10.2 Å². The first-order valence-electron chi connectivity index (χ1n) is 7.85. The van der Waals surface area contributed by atoms with Crippen LogP contribution in [0.4, 0.5) is 5.82 Å². The van der Waals surface area contributed by atoms with Crippen LogP contribution in [0, 0.1) is 0 Å². The largest absolute Gasteiger partial charge is 0.394 e. The SMILES string of the molecule is Nc1ncnc2c1nc([C@H]1CCCN1)n2[C@H]1C[C@H](O)[C@@H](CO)O1. The van der Waals surface area contributed by atoms with E-state index in [-0.39, 0.29) is 12.6 Å². The summed E-state index contributed by atoms with van der Waals surface area (Å²) >= 11 is 0. The van der Waals surface area contributed by atoms with Gasteiger partial charge in [0.15, 0.2) is 17.0 Å². The number of nitrogen functional groups attached to an aromatic ring is 1. The summed E-state index contributed by atoms with van der Waals surface area (Å²) in [4.78, 5) is 13.0. The lowest BCUT2D eigenvalue weighted by Gasteiger charge is -2.19. The van der Waals surface area contributed by atoms with E-state index in [0.29, 0.717) is 23.4 Å². The topological polar surface area (TPSA) is 131 Å². The van der Waals surface area contributed by atoms with Gasteiger partial charge in [0.25, 0.3) is 0 Å². The molecule has 0 saturated carbocycles. The van der Waals surface area contributed by atoms with Gasteiger partial charge in [-0.1, -0.05) is 0 Å². The third kappa shape index (κ3) is 2.36. The highest BCUT2D eigenvalue weighted by molar-refractivity contribution is 5.82. The quantitative estimate of drug-likeness (QED) is 0.594. The number of aliphatic hydroxyl groups is 2. The summed E-state index contributed by atoms with van der Waals surface area (Å²) < 4.78 is 7.69. The van der Waals surface area contributed by atoms with Gasteiger partial charge >= 0.3 is 0 Å². The number of aliphatic hydroxyl groups excluding tert-OH is 2. The Labute approximate surface area is 132 Å². The number of anilines is 1. The van der Waals surface area contributed by atoms with Gasteiger partial charge in [-0.25, -0.2) is 15.0 Å². The highest BCUT2D eigenvalue weighted by atomic mass is 16.5. The van der Waals surface area contributed by atoms with Crippen LogP contribution in [0.2, 0.25) is 0 Å². The van der Waals surface area contributed by atoms with Crippen LogP contribution >= 0.6 is 0 Å². The van der Waals surface area contributed by atoms with Gasteiger partial charge in [-0.2, -0.15) is 0 Å². The molecule has 9 heteroatoms. The number of nitrogens with two attached hydrogens (primary N) is 1. The van der Waals surface area contributed by atoms with Crippen LogP contribution in [0.3, 0.4) is 0 Å². The number of nitrogens with one attached hydrogen (secondary N) is 1. The summed E-state index contributed by atoms with van der Waals surface area (Å²) in [6.07, 6.45) is 2.07. The van der Waals surface area contributed by atoms with Crippen molar-refractivity contribution in [2.75, 3.05) is 18.9 Å². The van der Waals surface area contributed by atoms with Gasteiger partial charge in [0.2, 0.25) is 0 Å². The number of fused-ring (bicyclic) bond motifs is 1. The molecular weight excluding hydrogens is 300 g/mol. The molecule has 0 spiro atoms. The minimum Gasteiger partial charge on any atom is -0.394 e. The predicted octanol–water partition coefficient (Wildman–Crippen LogP) is -0.526. The Hall–Kier alpha value is -1.81. The maximum atomic E-state index is 10.0. The van der Waals surface area contributed by atoms with Crippen molar-refractivity contribution in [2.45, 2.75) is 43.7 Å². The first-order chi connectivity index (χ1) is 11.2. The van der Waals surface area contributed by atoms with Crippen molar-refractivity contribution in [1.29, 1.82) is 0 Å². The summed E-state index contributed by atoms with van der Waals surface area (Å²) in [5.41, 5.74) is 7.08. The molecule has 0 aromatic carbocycles. The van der Waals surface area contributed by atoms with Crippen molar-refractivity contribution in [1.82, 2.24) is 24.8 Å². The molecule has 9 nitrogen and oxygen atoms in total. The number of nitrogens with zero attached hydrogens (tertiary/aromatic N) is 4. The normalized spacial score (nSPS) is 31.2. The zero-order valence-corrected chi connectivity index (χ0v) is 12.6. The van der Waals surface area contributed by atoms with Crippen molar-refractivity contribution in [3.05, 3.63) is 12.2 Å². The average molecular weight is 320 g/mol. The van der Waals surface area contributed by atoms with Gasteiger partial charge in [-0.05, 0) is 19.4 Å². The van der Waals surface area contributed by atoms with Crippen LogP contribution in [-0.4, -0.2) is 55.1 Å². The molecular formula is C14H20N6O3. The smallest absolute Gasteiger partial charge is 0.167 e. The zero-order chi connectivity index (χ0) is 16.0. The number of hydrogen-bond donors (Lipinski definition) is 4. The van der Waals surface area contributed by atoms with Crippen LogP contribution in [-0.2, 0) is 4.74 Å². The van der Waals surface area contributed by atoms with Crippen LogP contribution in [0.5, 0.6) is 0 Å². The van der Waals surface area contributed by atoms with Gasteiger partial charge in [-0.15, -0.1) is 0 Å². The van der Waals surface area contributed by atoms with Gasteiger partial charge in [0.05, 0.1) is 18.8 Å². The molecule has 4 rings (SSSR count). The molecule has 5 N–H and O–H groups in total. The van der Waals surface area contributed by atoms with Gasteiger partial charge in [-0.3, -0.25) is 4.57 Å². The average Bonchev–Trinajstić information content (AvgIpc) is 3.24. The zero-order valence-electron chi connectivity index (χ0n) is 12.6. The molecule has 2 saturated heterocycles. The fourth-order valence-corrected chi connectivity index (χ4v) is 3.42. The van der Waals surface area contributed by atoms with E-state index in [1.165, 1.54) is 6.33 Å². The van der Waals surface area contributed by atoms with E-state index in [1.807, 2.05) is 4.57 Å². The van der Waals surface area contributed by atoms with Crippen molar-refractivity contribution in [2.24, 2.45) is 0 Å². The van der Waals surface area contributed by atoms with E-state index in [4.69, 9.17) is 10.5 Å². The summed E-state index contributed by atoms with van der Waals surface area (Å²) in [7, 11) is 0. The molecule has 2 fully saturated rings. The summed E-state index contributed by atoms with van der Waals surface area (Å²) in [5, 5.41) is 22.8. The third-order valence-electron chi connectivity index (χ3n) is 4.58. The highest BCUT2D eigenvalue weighted by Gasteiger charge is 2.38. The molecule has 2 aliphatic heterocycles. The first kappa shape index (κ1) is 14.8. The maximum Gasteiger partial charge on any atom is 0.167 e. The Morgan fingerprint density at radius 1 is 1.43 bits per heavy atom.